The number of thiophene rings is 1. The second kappa shape index (κ2) is 5.41. The molecule has 17 heavy (non-hydrogen) atoms. The van der Waals surface area contributed by atoms with Gasteiger partial charge in [-0.2, -0.15) is 5.26 Å². The number of hydrogen-bond acceptors (Lipinski definition) is 5. The summed E-state index contributed by atoms with van der Waals surface area (Å²) in [5, 5.41) is 12.0. The Bertz CT molecular complexity index is 541. The van der Waals surface area contributed by atoms with Gasteiger partial charge in [0.15, 0.2) is 11.5 Å². The maximum Gasteiger partial charge on any atom is 0.182 e. The van der Waals surface area contributed by atoms with Gasteiger partial charge in [0.05, 0.1) is 6.54 Å². The van der Waals surface area contributed by atoms with E-state index in [1.54, 1.807) is 17.5 Å². The van der Waals surface area contributed by atoms with Crippen LogP contribution in [0.2, 0.25) is 0 Å². The van der Waals surface area contributed by atoms with Crippen molar-refractivity contribution >= 4 is 17.2 Å². The van der Waals surface area contributed by atoms with E-state index in [1.165, 1.54) is 16.0 Å². The highest BCUT2D eigenvalue weighted by Crippen LogP contribution is 2.18. The monoisotopic (exact) mass is 244 g/mol. The van der Waals surface area contributed by atoms with Crippen molar-refractivity contribution in [3.05, 3.63) is 40.0 Å². The topological polar surface area (TPSA) is 61.6 Å². The summed E-state index contributed by atoms with van der Waals surface area (Å²) in [5.74, 6) is 0.543. The molecule has 0 saturated carbocycles. The minimum Gasteiger partial charge on any atom is -0.363 e. The van der Waals surface area contributed by atoms with E-state index in [9.17, 15) is 0 Å². The molecule has 2 aromatic rings. The zero-order valence-electron chi connectivity index (χ0n) is 9.47. The predicted molar refractivity (Wildman–Crippen MR) is 67.8 cm³/mol. The molecule has 2 aromatic heterocycles. The predicted octanol–water partition coefficient (Wildman–Crippen LogP) is 2.58. The van der Waals surface area contributed by atoms with Crippen molar-refractivity contribution in [3.8, 4) is 6.07 Å². The minimum absolute atomic E-state index is 0.333. The van der Waals surface area contributed by atoms with Crippen LogP contribution >= 0.6 is 11.3 Å². The Balaban J connectivity index is 2.05. The number of nitrogens with zero attached hydrogens (tertiary/aromatic N) is 3. The van der Waals surface area contributed by atoms with Crippen molar-refractivity contribution in [2.75, 3.05) is 5.32 Å². The lowest BCUT2D eigenvalue weighted by atomic mass is 10.3. The summed E-state index contributed by atoms with van der Waals surface area (Å²) in [6.07, 6.45) is 4.15. The fourth-order valence-corrected chi connectivity index (χ4v) is 2.33. The first-order valence-corrected chi connectivity index (χ1v) is 6.17. The number of nitriles is 1. The standard InChI is InChI=1S/C12H12N4S/c1-2-9-3-4-10(17-9)8-16-12-11(7-13)14-5-6-15-12/h3-6H,2,8H2,1H3,(H,15,16). The highest BCUT2D eigenvalue weighted by atomic mass is 32.1. The van der Waals surface area contributed by atoms with Crippen LogP contribution in [0.4, 0.5) is 5.82 Å². The fourth-order valence-electron chi connectivity index (χ4n) is 1.43. The van der Waals surface area contributed by atoms with Crippen molar-refractivity contribution in [3.63, 3.8) is 0 Å². The lowest BCUT2D eigenvalue weighted by molar-refractivity contribution is 1.09. The van der Waals surface area contributed by atoms with E-state index in [0.717, 1.165) is 6.42 Å². The van der Waals surface area contributed by atoms with Crippen molar-refractivity contribution in [2.24, 2.45) is 0 Å². The summed E-state index contributed by atoms with van der Waals surface area (Å²) < 4.78 is 0. The Morgan fingerprint density at radius 3 is 2.76 bits per heavy atom. The Labute approximate surface area is 104 Å². The fraction of sp³-hybridized carbons (Fsp3) is 0.250. The second-order valence-electron chi connectivity index (χ2n) is 3.44. The minimum atomic E-state index is 0.333. The molecule has 0 amide bonds. The Hall–Kier alpha value is -1.93. The van der Waals surface area contributed by atoms with E-state index in [2.05, 4.69) is 34.3 Å². The summed E-state index contributed by atoms with van der Waals surface area (Å²) >= 11 is 1.77. The number of aryl methyl sites for hydroxylation is 1. The number of anilines is 1. The van der Waals surface area contributed by atoms with Gasteiger partial charge >= 0.3 is 0 Å². The molecule has 2 heterocycles. The summed E-state index contributed by atoms with van der Waals surface area (Å²) in [4.78, 5) is 10.6. The molecule has 0 aliphatic rings. The van der Waals surface area contributed by atoms with Gasteiger partial charge in [0.2, 0.25) is 0 Å². The van der Waals surface area contributed by atoms with E-state index in [1.807, 2.05) is 6.07 Å². The molecule has 0 aromatic carbocycles. The molecule has 4 nitrogen and oxygen atoms in total. The third-order valence-corrected chi connectivity index (χ3v) is 3.53. The first-order valence-electron chi connectivity index (χ1n) is 5.36. The molecule has 0 radical (unpaired) electrons. The summed E-state index contributed by atoms with van der Waals surface area (Å²) in [6.45, 7) is 2.82. The van der Waals surface area contributed by atoms with E-state index < -0.39 is 0 Å². The molecule has 1 N–H and O–H groups in total. The van der Waals surface area contributed by atoms with Crippen LogP contribution in [-0.4, -0.2) is 9.97 Å². The molecular formula is C12H12N4S. The van der Waals surface area contributed by atoms with Crippen LogP contribution in [0, 0.1) is 11.3 Å². The zero-order valence-corrected chi connectivity index (χ0v) is 10.3. The van der Waals surface area contributed by atoms with Crippen molar-refractivity contribution in [1.82, 2.24) is 9.97 Å². The van der Waals surface area contributed by atoms with Gasteiger partial charge in [-0.25, -0.2) is 9.97 Å². The Morgan fingerprint density at radius 2 is 2.06 bits per heavy atom. The SMILES string of the molecule is CCc1ccc(CNc2nccnc2C#N)s1. The van der Waals surface area contributed by atoms with E-state index in [0.29, 0.717) is 18.1 Å². The molecule has 0 saturated heterocycles. The summed E-state index contributed by atoms with van der Waals surface area (Å²) in [7, 11) is 0. The summed E-state index contributed by atoms with van der Waals surface area (Å²) in [5.41, 5.74) is 0.333. The third kappa shape index (κ3) is 2.80. The number of aromatic nitrogens is 2. The van der Waals surface area contributed by atoms with Crippen LogP contribution in [0.5, 0.6) is 0 Å². The van der Waals surface area contributed by atoms with Crippen LogP contribution in [0.25, 0.3) is 0 Å². The number of nitrogens with one attached hydrogen (secondary N) is 1. The molecule has 0 bridgehead atoms. The molecule has 0 fully saturated rings. The Kier molecular flexibility index (Phi) is 3.68. The third-order valence-electron chi connectivity index (χ3n) is 2.30. The molecule has 0 aliphatic carbocycles. The van der Waals surface area contributed by atoms with Crippen molar-refractivity contribution in [2.45, 2.75) is 19.9 Å². The Morgan fingerprint density at radius 1 is 1.29 bits per heavy atom. The lowest BCUT2D eigenvalue weighted by Gasteiger charge is -2.03. The normalized spacial score (nSPS) is 9.88. The number of rotatable bonds is 4. The highest BCUT2D eigenvalue weighted by Gasteiger charge is 2.04. The first-order chi connectivity index (χ1) is 8.33. The van der Waals surface area contributed by atoms with E-state index in [-0.39, 0.29) is 0 Å². The van der Waals surface area contributed by atoms with Gasteiger partial charge in [-0.05, 0) is 18.6 Å². The molecule has 0 unspecified atom stereocenters. The number of hydrogen-bond donors (Lipinski definition) is 1. The second-order valence-corrected chi connectivity index (χ2v) is 4.69. The van der Waals surface area contributed by atoms with Gasteiger partial charge in [0.25, 0.3) is 0 Å². The van der Waals surface area contributed by atoms with Crippen molar-refractivity contribution < 1.29 is 0 Å². The molecule has 0 atom stereocenters. The maximum absolute atomic E-state index is 8.87. The zero-order chi connectivity index (χ0) is 12.1. The molecule has 0 aliphatic heterocycles. The van der Waals surface area contributed by atoms with Crippen LogP contribution < -0.4 is 5.32 Å². The van der Waals surface area contributed by atoms with Gasteiger partial charge in [-0.3, -0.25) is 0 Å². The van der Waals surface area contributed by atoms with Crippen LogP contribution in [0.1, 0.15) is 22.4 Å². The van der Waals surface area contributed by atoms with Gasteiger partial charge in [0.1, 0.15) is 6.07 Å². The largest absolute Gasteiger partial charge is 0.363 e. The van der Waals surface area contributed by atoms with Gasteiger partial charge in [-0.15, -0.1) is 11.3 Å². The molecule has 5 heteroatoms. The van der Waals surface area contributed by atoms with Crippen molar-refractivity contribution in [1.29, 1.82) is 5.26 Å². The van der Waals surface area contributed by atoms with E-state index >= 15 is 0 Å². The van der Waals surface area contributed by atoms with Gasteiger partial charge < -0.3 is 5.32 Å². The van der Waals surface area contributed by atoms with E-state index in [4.69, 9.17) is 5.26 Å². The van der Waals surface area contributed by atoms with Crippen LogP contribution in [0.3, 0.4) is 0 Å². The van der Waals surface area contributed by atoms with Gasteiger partial charge in [-0.1, -0.05) is 6.92 Å². The highest BCUT2D eigenvalue weighted by molar-refractivity contribution is 7.12. The molecule has 2 rings (SSSR count). The molecular weight excluding hydrogens is 232 g/mol. The average Bonchev–Trinajstić information content (AvgIpc) is 2.84. The molecule has 0 spiro atoms. The van der Waals surface area contributed by atoms with Crippen LogP contribution in [0.15, 0.2) is 24.5 Å². The molecule has 86 valence electrons. The first kappa shape index (κ1) is 11.6. The summed E-state index contributed by atoms with van der Waals surface area (Å²) in [6, 6.07) is 6.24. The average molecular weight is 244 g/mol. The quantitative estimate of drug-likeness (QED) is 0.898. The lowest BCUT2D eigenvalue weighted by Crippen LogP contribution is -2.03. The van der Waals surface area contributed by atoms with Gasteiger partial charge in [0, 0.05) is 22.1 Å². The van der Waals surface area contributed by atoms with Crippen LogP contribution in [-0.2, 0) is 13.0 Å². The smallest absolute Gasteiger partial charge is 0.182 e. The maximum atomic E-state index is 8.87.